The number of halogens is 2. The van der Waals surface area contributed by atoms with E-state index in [1.165, 1.54) is 4.90 Å². The number of carbonyl (C=O) groups excluding carboxylic acids is 2. The Hall–Kier alpha value is -2.46. The molecule has 0 aliphatic carbocycles. The number of carbonyl (C=O) groups is 2. The molecule has 0 spiro atoms. The molecule has 5 nitrogen and oxygen atoms in total. The number of thioether (sulfide) groups is 1. The summed E-state index contributed by atoms with van der Waals surface area (Å²) < 4.78 is 0. The standard InChI is InChI=1S/C19H13Cl2N3O2S/c20-14-7-6-11(8-15(14)21)9-16-18(26)24(12-4-2-1-3-5-12)19(27-16)13(10-22)17(23)25/h1-8,16H,9H2,(H2,23,25)/b19-13-. The van der Waals surface area contributed by atoms with Crippen molar-refractivity contribution in [2.75, 3.05) is 4.90 Å². The fourth-order valence-electron chi connectivity index (χ4n) is 2.69. The van der Waals surface area contributed by atoms with Crippen LogP contribution in [0.3, 0.4) is 0 Å². The summed E-state index contributed by atoms with van der Waals surface area (Å²) in [6.07, 6.45) is 0.366. The first-order valence-corrected chi connectivity index (χ1v) is 9.49. The zero-order valence-electron chi connectivity index (χ0n) is 13.9. The van der Waals surface area contributed by atoms with Crippen molar-refractivity contribution in [1.29, 1.82) is 5.26 Å². The average Bonchev–Trinajstić information content (AvgIpc) is 2.95. The quantitative estimate of drug-likeness (QED) is 0.603. The highest BCUT2D eigenvalue weighted by Crippen LogP contribution is 2.42. The Morgan fingerprint density at radius 1 is 1.19 bits per heavy atom. The van der Waals surface area contributed by atoms with Crippen LogP contribution in [0.4, 0.5) is 5.69 Å². The van der Waals surface area contributed by atoms with Gasteiger partial charge in [0.2, 0.25) is 5.91 Å². The number of nitrogens with zero attached hydrogens (tertiary/aromatic N) is 2. The first-order chi connectivity index (χ1) is 12.9. The molecule has 0 bridgehead atoms. The monoisotopic (exact) mass is 417 g/mol. The lowest BCUT2D eigenvalue weighted by Gasteiger charge is -2.18. The van der Waals surface area contributed by atoms with Crippen LogP contribution in [-0.2, 0) is 16.0 Å². The van der Waals surface area contributed by atoms with Gasteiger partial charge in [-0.05, 0) is 36.2 Å². The lowest BCUT2D eigenvalue weighted by molar-refractivity contribution is -0.117. The molecular formula is C19H13Cl2N3O2S. The van der Waals surface area contributed by atoms with Gasteiger partial charge in [-0.1, -0.05) is 59.2 Å². The maximum atomic E-state index is 13.1. The molecule has 8 heteroatoms. The van der Waals surface area contributed by atoms with E-state index in [4.69, 9.17) is 28.9 Å². The lowest BCUT2D eigenvalue weighted by Crippen LogP contribution is -2.31. The molecule has 2 N–H and O–H groups in total. The number of nitrogens with two attached hydrogens (primary N) is 1. The molecule has 0 aromatic heterocycles. The van der Waals surface area contributed by atoms with Gasteiger partial charge in [-0.15, -0.1) is 0 Å². The van der Waals surface area contributed by atoms with Crippen LogP contribution < -0.4 is 10.6 Å². The summed E-state index contributed by atoms with van der Waals surface area (Å²) in [5.41, 5.74) is 6.49. The predicted octanol–water partition coefficient (Wildman–Crippen LogP) is 3.90. The van der Waals surface area contributed by atoms with Gasteiger partial charge >= 0.3 is 0 Å². The lowest BCUT2D eigenvalue weighted by atomic mass is 10.1. The first-order valence-electron chi connectivity index (χ1n) is 7.86. The number of primary amides is 1. The fourth-order valence-corrected chi connectivity index (χ4v) is 4.33. The summed E-state index contributed by atoms with van der Waals surface area (Å²) >= 11 is 13.1. The number of benzene rings is 2. The van der Waals surface area contributed by atoms with E-state index in [-0.39, 0.29) is 16.5 Å². The molecule has 136 valence electrons. The number of hydrogen-bond acceptors (Lipinski definition) is 4. The Bertz CT molecular complexity index is 986. The maximum absolute atomic E-state index is 13.1. The Kier molecular flexibility index (Phi) is 5.76. The average molecular weight is 418 g/mol. The van der Waals surface area contributed by atoms with E-state index in [2.05, 4.69) is 0 Å². The third-order valence-electron chi connectivity index (χ3n) is 3.94. The number of amides is 2. The van der Waals surface area contributed by atoms with Gasteiger partial charge in [-0.2, -0.15) is 5.26 Å². The zero-order chi connectivity index (χ0) is 19.6. The van der Waals surface area contributed by atoms with Crippen LogP contribution in [-0.4, -0.2) is 17.1 Å². The van der Waals surface area contributed by atoms with Crippen molar-refractivity contribution in [1.82, 2.24) is 0 Å². The van der Waals surface area contributed by atoms with Crippen molar-refractivity contribution in [3.05, 3.63) is 74.7 Å². The van der Waals surface area contributed by atoms with Gasteiger partial charge in [-0.3, -0.25) is 14.5 Å². The molecule has 3 rings (SSSR count). The Morgan fingerprint density at radius 3 is 2.48 bits per heavy atom. The highest BCUT2D eigenvalue weighted by Gasteiger charge is 2.40. The molecule has 0 radical (unpaired) electrons. The number of rotatable bonds is 4. The summed E-state index contributed by atoms with van der Waals surface area (Å²) in [4.78, 5) is 26.1. The molecule has 1 aliphatic rings. The van der Waals surface area contributed by atoms with Crippen molar-refractivity contribution in [2.45, 2.75) is 11.7 Å². The van der Waals surface area contributed by atoms with Crippen molar-refractivity contribution >= 4 is 52.5 Å². The fraction of sp³-hybridized carbons (Fsp3) is 0.105. The molecule has 1 saturated heterocycles. The Morgan fingerprint density at radius 2 is 1.89 bits per heavy atom. The second kappa shape index (κ2) is 8.05. The maximum Gasteiger partial charge on any atom is 0.262 e. The SMILES string of the molecule is N#C/C(C(N)=O)=C1/SC(Cc2ccc(Cl)c(Cl)c2)C(=O)N1c1ccccc1. The van der Waals surface area contributed by atoms with Crippen molar-refractivity contribution in [3.63, 3.8) is 0 Å². The van der Waals surface area contributed by atoms with E-state index in [1.54, 1.807) is 42.5 Å². The molecule has 27 heavy (non-hydrogen) atoms. The van der Waals surface area contributed by atoms with Crippen LogP contribution in [0.25, 0.3) is 0 Å². The number of nitriles is 1. The van der Waals surface area contributed by atoms with E-state index >= 15 is 0 Å². The minimum Gasteiger partial charge on any atom is -0.365 e. The molecule has 0 saturated carbocycles. The molecule has 1 unspecified atom stereocenters. The normalized spacial score (nSPS) is 18.3. The second-order valence-electron chi connectivity index (χ2n) is 5.72. The third-order valence-corrected chi connectivity index (χ3v) is 5.95. The Labute approximate surface area is 170 Å². The minimum absolute atomic E-state index is 0.235. The third kappa shape index (κ3) is 3.96. The number of hydrogen-bond donors (Lipinski definition) is 1. The van der Waals surface area contributed by atoms with Gasteiger partial charge in [0.05, 0.1) is 15.3 Å². The highest BCUT2D eigenvalue weighted by atomic mass is 35.5. The molecule has 1 fully saturated rings. The number of anilines is 1. The molecule has 2 amide bonds. The van der Waals surface area contributed by atoms with Crippen LogP contribution in [0.5, 0.6) is 0 Å². The largest absolute Gasteiger partial charge is 0.365 e. The first kappa shape index (κ1) is 19.3. The summed E-state index contributed by atoms with van der Waals surface area (Å²) in [7, 11) is 0. The van der Waals surface area contributed by atoms with E-state index in [0.29, 0.717) is 22.2 Å². The van der Waals surface area contributed by atoms with Gasteiger partial charge in [0.1, 0.15) is 16.7 Å². The molecule has 1 aliphatic heterocycles. The van der Waals surface area contributed by atoms with Gasteiger partial charge < -0.3 is 5.73 Å². The predicted molar refractivity (Wildman–Crippen MR) is 107 cm³/mol. The summed E-state index contributed by atoms with van der Waals surface area (Å²) in [5, 5.41) is 9.90. The minimum atomic E-state index is -0.871. The zero-order valence-corrected chi connectivity index (χ0v) is 16.2. The molecule has 1 heterocycles. The Balaban J connectivity index is 2.01. The van der Waals surface area contributed by atoms with Crippen LogP contribution in [0.1, 0.15) is 5.56 Å². The molecule has 1 atom stereocenters. The van der Waals surface area contributed by atoms with Crippen molar-refractivity contribution in [2.24, 2.45) is 5.73 Å². The van der Waals surface area contributed by atoms with E-state index in [9.17, 15) is 14.9 Å². The van der Waals surface area contributed by atoms with Crippen molar-refractivity contribution < 1.29 is 9.59 Å². The molecular weight excluding hydrogens is 405 g/mol. The smallest absolute Gasteiger partial charge is 0.262 e. The van der Waals surface area contributed by atoms with Crippen LogP contribution >= 0.6 is 35.0 Å². The topological polar surface area (TPSA) is 87.2 Å². The van der Waals surface area contributed by atoms with E-state index < -0.39 is 11.2 Å². The molecule has 2 aromatic rings. The van der Waals surface area contributed by atoms with E-state index in [1.807, 2.05) is 12.1 Å². The van der Waals surface area contributed by atoms with Gasteiger partial charge in [0, 0.05) is 5.69 Å². The van der Waals surface area contributed by atoms with Gasteiger partial charge in [-0.25, -0.2) is 0 Å². The van der Waals surface area contributed by atoms with Gasteiger partial charge in [0.25, 0.3) is 5.91 Å². The highest BCUT2D eigenvalue weighted by molar-refractivity contribution is 8.05. The number of para-hydroxylation sites is 1. The summed E-state index contributed by atoms with van der Waals surface area (Å²) in [6.45, 7) is 0. The van der Waals surface area contributed by atoms with E-state index in [0.717, 1.165) is 17.3 Å². The summed E-state index contributed by atoms with van der Waals surface area (Å²) in [6, 6.07) is 15.8. The van der Waals surface area contributed by atoms with Crippen molar-refractivity contribution in [3.8, 4) is 6.07 Å². The summed E-state index contributed by atoms with van der Waals surface area (Å²) in [5.74, 6) is -1.11. The van der Waals surface area contributed by atoms with Crippen LogP contribution in [0, 0.1) is 11.3 Å². The van der Waals surface area contributed by atoms with Gasteiger partial charge in [0.15, 0.2) is 0 Å². The van der Waals surface area contributed by atoms with Crippen LogP contribution in [0.2, 0.25) is 10.0 Å². The van der Waals surface area contributed by atoms with Crippen LogP contribution in [0.15, 0.2) is 59.1 Å². The molecule has 2 aromatic carbocycles. The second-order valence-corrected chi connectivity index (χ2v) is 7.73.